The summed E-state index contributed by atoms with van der Waals surface area (Å²) >= 11 is 0. The quantitative estimate of drug-likeness (QED) is 0.0222. The summed E-state index contributed by atoms with van der Waals surface area (Å²) in [7, 11) is -9.93. The van der Waals surface area contributed by atoms with Gasteiger partial charge in [0.15, 0.2) is 12.2 Å². The molecule has 0 aliphatic carbocycles. The molecule has 0 saturated carbocycles. The van der Waals surface area contributed by atoms with Gasteiger partial charge in [0.05, 0.1) is 26.4 Å². The van der Waals surface area contributed by atoms with Crippen LogP contribution in [0.3, 0.4) is 0 Å². The molecule has 0 spiro atoms. The fourth-order valence-corrected chi connectivity index (χ4v) is 15.3. The van der Waals surface area contributed by atoms with Crippen LogP contribution in [0.1, 0.15) is 460 Å². The summed E-state index contributed by atoms with van der Waals surface area (Å²) in [5.41, 5.74) is 0. The fraction of sp³-hybridized carbons (Fsp3) is 0.955. The van der Waals surface area contributed by atoms with E-state index in [1.54, 1.807) is 0 Å². The van der Waals surface area contributed by atoms with Crippen molar-refractivity contribution in [3.63, 3.8) is 0 Å². The number of hydrogen-bond donors (Lipinski definition) is 3. The van der Waals surface area contributed by atoms with Crippen molar-refractivity contribution in [2.45, 2.75) is 478 Å². The Morgan fingerprint density at radius 2 is 0.393 bits per heavy atom. The first kappa shape index (κ1) is 105. The summed E-state index contributed by atoms with van der Waals surface area (Å²) < 4.78 is 68.9. The van der Waals surface area contributed by atoms with Crippen LogP contribution in [-0.4, -0.2) is 96.7 Å². The van der Waals surface area contributed by atoms with Gasteiger partial charge >= 0.3 is 39.5 Å². The second kappa shape index (κ2) is 76.7. The number of phosphoric acid groups is 2. The van der Waals surface area contributed by atoms with Crippen molar-refractivity contribution in [2.24, 2.45) is 23.7 Å². The summed E-state index contributed by atoms with van der Waals surface area (Å²) in [4.78, 5) is 73.2. The number of aliphatic hydroxyl groups excluding tert-OH is 1. The Kier molecular flexibility index (Phi) is 75.3. The molecule has 0 rings (SSSR count). The molecule has 107 heavy (non-hydrogen) atoms. The van der Waals surface area contributed by atoms with Gasteiger partial charge in [-0.1, -0.05) is 409 Å². The molecule has 0 heterocycles. The number of phosphoric ester groups is 2. The first-order chi connectivity index (χ1) is 51.6. The third-order valence-corrected chi connectivity index (χ3v) is 22.5. The lowest BCUT2D eigenvalue weighted by molar-refractivity contribution is -0.161. The number of carbonyl (C=O) groups is 4. The van der Waals surface area contributed by atoms with Crippen molar-refractivity contribution in [2.75, 3.05) is 39.6 Å². The molecule has 3 unspecified atom stereocenters. The minimum atomic E-state index is -4.97. The average Bonchev–Trinajstić information content (AvgIpc) is 0.906. The molecule has 0 aromatic carbocycles. The zero-order valence-electron chi connectivity index (χ0n) is 70.8. The highest BCUT2D eigenvalue weighted by atomic mass is 31.2. The predicted octanol–water partition coefficient (Wildman–Crippen LogP) is 26.7. The number of ether oxygens (including phenoxy) is 4. The van der Waals surface area contributed by atoms with E-state index in [9.17, 15) is 43.2 Å². The van der Waals surface area contributed by atoms with Crippen LogP contribution in [-0.2, 0) is 65.4 Å². The van der Waals surface area contributed by atoms with Gasteiger partial charge in [-0.25, -0.2) is 9.13 Å². The molecule has 636 valence electrons. The van der Waals surface area contributed by atoms with Crippen molar-refractivity contribution in [1.29, 1.82) is 0 Å². The second-order valence-electron chi connectivity index (χ2n) is 33.5. The smallest absolute Gasteiger partial charge is 0.462 e. The zero-order valence-corrected chi connectivity index (χ0v) is 72.6. The molecule has 17 nitrogen and oxygen atoms in total. The molecule has 3 N–H and O–H groups in total. The molecular weight excluding hydrogens is 1390 g/mol. The number of unbranched alkanes of at least 4 members (excludes halogenated alkanes) is 51. The Morgan fingerprint density at radius 1 is 0.234 bits per heavy atom. The molecule has 0 aliphatic rings. The summed E-state index contributed by atoms with van der Waals surface area (Å²) in [6, 6.07) is 0. The number of esters is 4. The minimum Gasteiger partial charge on any atom is -0.462 e. The Labute approximate surface area is 658 Å². The van der Waals surface area contributed by atoms with Gasteiger partial charge in [-0.3, -0.25) is 37.3 Å². The summed E-state index contributed by atoms with van der Waals surface area (Å²) in [6.07, 6.45) is 66.9. The first-order valence-electron chi connectivity index (χ1n) is 45.2. The lowest BCUT2D eigenvalue weighted by Crippen LogP contribution is -2.30. The van der Waals surface area contributed by atoms with Gasteiger partial charge in [0.25, 0.3) is 0 Å². The molecule has 0 radical (unpaired) electrons. The first-order valence-corrected chi connectivity index (χ1v) is 48.2. The Balaban J connectivity index is 5.21. The van der Waals surface area contributed by atoms with Gasteiger partial charge in [-0.15, -0.1) is 0 Å². The largest absolute Gasteiger partial charge is 0.472 e. The standard InChI is InChI=1S/C88H172O17P2/c1-78(2)64-56-48-40-34-28-22-16-11-9-10-12-20-26-32-38-44-54-62-70-87(92)104-83(74-98-85(90)68-60-52-43-37-31-25-19-14-13-17-23-29-35-41-49-57-65-79(3)4)76-102-106(94,95)100-72-82(89)73-101-107(96,97)103-77-84(75-99-86(91)69-61-53-47-46-51-59-67-81(7)8)105-88(93)71-63-55-45-39-33-27-21-15-18-24-30-36-42-50-58-66-80(5)6/h78-84,89H,9-77H2,1-8H3,(H,94,95)(H,96,97)/t82?,83-,84-/m1/s1. The molecule has 0 aromatic rings. The number of hydrogen-bond acceptors (Lipinski definition) is 15. The molecule has 19 heteroatoms. The topological polar surface area (TPSA) is 237 Å². The Morgan fingerprint density at radius 3 is 0.579 bits per heavy atom. The highest BCUT2D eigenvalue weighted by Gasteiger charge is 2.31. The van der Waals surface area contributed by atoms with Gasteiger partial charge in [0.2, 0.25) is 0 Å². The third kappa shape index (κ3) is 81.9. The maximum Gasteiger partial charge on any atom is 0.472 e. The molecule has 0 saturated heterocycles. The van der Waals surface area contributed by atoms with Gasteiger partial charge in [0.1, 0.15) is 19.3 Å². The van der Waals surface area contributed by atoms with Crippen molar-refractivity contribution < 1.29 is 80.2 Å². The maximum atomic E-state index is 13.2. The van der Waals surface area contributed by atoms with E-state index in [4.69, 9.17) is 37.0 Å². The monoisotopic (exact) mass is 1560 g/mol. The Bertz CT molecular complexity index is 2080. The van der Waals surface area contributed by atoms with Gasteiger partial charge in [-0.2, -0.15) is 0 Å². The predicted molar refractivity (Wildman–Crippen MR) is 441 cm³/mol. The van der Waals surface area contributed by atoms with E-state index in [2.05, 4.69) is 55.4 Å². The average molecular weight is 1560 g/mol. The van der Waals surface area contributed by atoms with Crippen molar-refractivity contribution in [1.82, 2.24) is 0 Å². The normalized spacial score (nSPS) is 13.9. The van der Waals surface area contributed by atoms with Crippen molar-refractivity contribution >= 4 is 39.5 Å². The molecule has 0 aliphatic heterocycles. The lowest BCUT2D eigenvalue weighted by atomic mass is 10.0. The molecule has 5 atom stereocenters. The second-order valence-corrected chi connectivity index (χ2v) is 36.4. The zero-order chi connectivity index (χ0) is 78.8. The van der Waals surface area contributed by atoms with E-state index in [0.29, 0.717) is 31.6 Å². The van der Waals surface area contributed by atoms with E-state index in [1.807, 2.05) is 0 Å². The van der Waals surface area contributed by atoms with E-state index < -0.39 is 97.5 Å². The van der Waals surface area contributed by atoms with Crippen LogP contribution in [0, 0.1) is 23.7 Å². The summed E-state index contributed by atoms with van der Waals surface area (Å²) in [5.74, 6) is 1.01. The highest BCUT2D eigenvalue weighted by Crippen LogP contribution is 2.45. The van der Waals surface area contributed by atoms with E-state index >= 15 is 0 Å². The van der Waals surface area contributed by atoms with E-state index in [-0.39, 0.29) is 25.7 Å². The lowest BCUT2D eigenvalue weighted by Gasteiger charge is -2.21. The van der Waals surface area contributed by atoms with Crippen LogP contribution in [0.25, 0.3) is 0 Å². The third-order valence-electron chi connectivity index (χ3n) is 20.6. The maximum absolute atomic E-state index is 13.2. The van der Waals surface area contributed by atoms with Gasteiger partial charge < -0.3 is 33.8 Å². The van der Waals surface area contributed by atoms with Crippen LogP contribution < -0.4 is 0 Å². The highest BCUT2D eigenvalue weighted by molar-refractivity contribution is 7.47. The van der Waals surface area contributed by atoms with E-state index in [0.717, 1.165) is 114 Å². The minimum absolute atomic E-state index is 0.107. The molecule has 0 fully saturated rings. The van der Waals surface area contributed by atoms with Crippen LogP contribution in [0.15, 0.2) is 0 Å². The number of aliphatic hydroxyl groups is 1. The summed E-state index contributed by atoms with van der Waals surface area (Å²) in [6.45, 7) is 14.3. The molecule has 0 amide bonds. The van der Waals surface area contributed by atoms with Crippen molar-refractivity contribution in [3.05, 3.63) is 0 Å². The van der Waals surface area contributed by atoms with Gasteiger partial charge in [0, 0.05) is 25.7 Å². The number of rotatable bonds is 85. The number of carbonyl (C=O) groups excluding carboxylic acids is 4. The summed E-state index contributed by atoms with van der Waals surface area (Å²) in [5, 5.41) is 10.7. The Hall–Kier alpha value is -1.94. The van der Waals surface area contributed by atoms with Gasteiger partial charge in [-0.05, 0) is 49.4 Å². The van der Waals surface area contributed by atoms with Crippen LogP contribution in [0.2, 0.25) is 0 Å². The van der Waals surface area contributed by atoms with E-state index in [1.165, 1.54) is 257 Å². The van der Waals surface area contributed by atoms with Crippen LogP contribution in [0.5, 0.6) is 0 Å². The molecular formula is C88H172O17P2. The van der Waals surface area contributed by atoms with Crippen LogP contribution >= 0.6 is 15.6 Å². The fourth-order valence-electron chi connectivity index (χ4n) is 13.7. The van der Waals surface area contributed by atoms with Crippen LogP contribution in [0.4, 0.5) is 0 Å². The molecule has 0 aromatic heterocycles. The van der Waals surface area contributed by atoms with Crippen molar-refractivity contribution in [3.8, 4) is 0 Å². The SMILES string of the molecule is CC(C)CCCCCCCCCCCCCCCCCCCCC(=O)O[C@H](COC(=O)CCCCCCCCCCCCCCCCCCC(C)C)COP(=O)(O)OCC(O)COP(=O)(O)OC[C@@H](COC(=O)CCCCCCCCC(C)C)OC(=O)CCCCCCCCCCCCCCCCCC(C)C. The molecule has 0 bridgehead atoms.